The predicted molar refractivity (Wildman–Crippen MR) is 101 cm³/mol. The molecule has 1 spiro atoms. The average molecular weight is 355 g/mol. The van der Waals surface area contributed by atoms with Gasteiger partial charge in [0.25, 0.3) is 0 Å². The Labute approximate surface area is 155 Å². The highest BCUT2D eigenvalue weighted by Crippen LogP contribution is 2.37. The van der Waals surface area contributed by atoms with Crippen LogP contribution in [0.4, 0.5) is 0 Å². The Balaban J connectivity index is 1.28. The fourth-order valence-corrected chi connectivity index (χ4v) is 4.85. The first kappa shape index (κ1) is 17.5. The van der Waals surface area contributed by atoms with E-state index < -0.39 is 0 Å². The lowest BCUT2D eigenvalue weighted by Crippen LogP contribution is -2.49. The number of hydrogen-bond acceptors (Lipinski definition) is 3. The Bertz CT molecular complexity index is 654. The molecule has 0 aromatic heterocycles. The predicted octanol–water partition coefficient (Wildman–Crippen LogP) is 1.99. The van der Waals surface area contributed by atoms with Crippen LogP contribution in [0.2, 0.25) is 0 Å². The molecule has 26 heavy (non-hydrogen) atoms. The second-order valence-electron chi connectivity index (χ2n) is 8.17. The highest BCUT2D eigenvalue weighted by Gasteiger charge is 2.46. The van der Waals surface area contributed by atoms with Gasteiger partial charge >= 0.3 is 0 Å². The van der Waals surface area contributed by atoms with Gasteiger partial charge in [-0.15, -0.1) is 0 Å². The number of carbonyl (C=O) groups excluding carboxylic acids is 2. The first-order chi connectivity index (χ1) is 12.7. The van der Waals surface area contributed by atoms with E-state index in [1.54, 1.807) is 0 Å². The summed E-state index contributed by atoms with van der Waals surface area (Å²) in [4.78, 5) is 29.2. The number of likely N-dealkylation sites (tertiary alicyclic amines) is 2. The molecule has 1 aromatic rings. The second kappa shape index (κ2) is 7.39. The third kappa shape index (κ3) is 3.50. The second-order valence-corrected chi connectivity index (χ2v) is 8.17. The topological polar surface area (TPSA) is 52.7 Å². The van der Waals surface area contributed by atoms with Gasteiger partial charge in [-0.3, -0.25) is 14.5 Å². The van der Waals surface area contributed by atoms with Gasteiger partial charge in [-0.25, -0.2) is 0 Å². The molecule has 3 heterocycles. The van der Waals surface area contributed by atoms with Crippen LogP contribution in [0, 0.1) is 5.41 Å². The first-order valence-electron chi connectivity index (χ1n) is 10.00. The smallest absolute Gasteiger partial charge is 0.236 e. The molecule has 0 unspecified atom stereocenters. The van der Waals surface area contributed by atoms with E-state index in [1.165, 1.54) is 5.56 Å². The summed E-state index contributed by atoms with van der Waals surface area (Å²) >= 11 is 0. The van der Waals surface area contributed by atoms with Gasteiger partial charge in [0, 0.05) is 19.6 Å². The lowest BCUT2D eigenvalue weighted by molar-refractivity contribution is -0.135. The van der Waals surface area contributed by atoms with Crippen molar-refractivity contribution in [3.05, 3.63) is 35.9 Å². The summed E-state index contributed by atoms with van der Waals surface area (Å²) < 4.78 is 0. The minimum atomic E-state index is -0.311. The molecule has 1 N–H and O–H groups in total. The average Bonchev–Trinajstić information content (AvgIpc) is 3.11. The van der Waals surface area contributed by atoms with E-state index in [2.05, 4.69) is 40.5 Å². The maximum absolute atomic E-state index is 12.8. The molecule has 4 rings (SSSR count). The Morgan fingerprint density at radius 3 is 2.62 bits per heavy atom. The Kier molecular flexibility index (Phi) is 4.98. The van der Waals surface area contributed by atoms with Crippen molar-refractivity contribution in [2.24, 2.45) is 5.41 Å². The van der Waals surface area contributed by atoms with Gasteiger partial charge in [0.05, 0.1) is 12.0 Å². The minimum Gasteiger partial charge on any atom is -0.356 e. The molecule has 0 aliphatic carbocycles. The van der Waals surface area contributed by atoms with Crippen LogP contribution in [0.5, 0.6) is 0 Å². The van der Waals surface area contributed by atoms with E-state index in [4.69, 9.17) is 0 Å². The maximum Gasteiger partial charge on any atom is 0.236 e. The van der Waals surface area contributed by atoms with Gasteiger partial charge in [0.1, 0.15) is 0 Å². The van der Waals surface area contributed by atoms with Crippen LogP contribution in [-0.2, 0) is 9.59 Å². The van der Waals surface area contributed by atoms with Gasteiger partial charge in [0.15, 0.2) is 0 Å². The van der Waals surface area contributed by atoms with E-state index in [1.807, 2.05) is 4.90 Å². The molecule has 3 fully saturated rings. The van der Waals surface area contributed by atoms with Crippen LogP contribution in [0.3, 0.4) is 0 Å². The SMILES string of the molecule is O=C(CN1CCC(c2ccccc2)CC1)N1CC[C@]2(CCCNC2=O)C1. The van der Waals surface area contributed by atoms with Crippen LogP contribution < -0.4 is 5.32 Å². The zero-order valence-electron chi connectivity index (χ0n) is 15.5. The van der Waals surface area contributed by atoms with Crippen molar-refractivity contribution in [2.75, 3.05) is 39.3 Å². The van der Waals surface area contributed by atoms with Crippen LogP contribution in [0.1, 0.15) is 43.6 Å². The maximum atomic E-state index is 12.8. The first-order valence-corrected chi connectivity index (χ1v) is 10.00. The quantitative estimate of drug-likeness (QED) is 0.902. The molecule has 0 radical (unpaired) electrons. The number of nitrogens with zero attached hydrogens (tertiary/aromatic N) is 2. The molecule has 140 valence electrons. The summed E-state index contributed by atoms with van der Waals surface area (Å²) in [6.45, 7) is 4.57. The largest absolute Gasteiger partial charge is 0.356 e. The number of amides is 2. The van der Waals surface area contributed by atoms with Crippen molar-refractivity contribution >= 4 is 11.8 Å². The van der Waals surface area contributed by atoms with Crippen molar-refractivity contribution in [1.82, 2.24) is 15.1 Å². The van der Waals surface area contributed by atoms with E-state index in [0.29, 0.717) is 19.0 Å². The number of carbonyl (C=O) groups is 2. The van der Waals surface area contributed by atoms with Gasteiger partial charge < -0.3 is 10.2 Å². The Hall–Kier alpha value is -1.88. The lowest BCUT2D eigenvalue weighted by Gasteiger charge is -2.34. The highest BCUT2D eigenvalue weighted by molar-refractivity contribution is 5.86. The lowest BCUT2D eigenvalue weighted by atomic mass is 9.79. The number of piperidine rings is 2. The van der Waals surface area contributed by atoms with Crippen molar-refractivity contribution in [1.29, 1.82) is 0 Å². The van der Waals surface area contributed by atoms with Crippen molar-refractivity contribution < 1.29 is 9.59 Å². The summed E-state index contributed by atoms with van der Waals surface area (Å²) in [6, 6.07) is 10.7. The van der Waals surface area contributed by atoms with Crippen LogP contribution in [-0.4, -0.2) is 60.9 Å². The fraction of sp³-hybridized carbons (Fsp3) is 0.619. The third-order valence-corrected chi connectivity index (χ3v) is 6.52. The van der Waals surface area contributed by atoms with Gasteiger partial charge in [0.2, 0.25) is 11.8 Å². The Morgan fingerprint density at radius 2 is 1.88 bits per heavy atom. The zero-order valence-corrected chi connectivity index (χ0v) is 15.5. The van der Waals surface area contributed by atoms with Crippen LogP contribution in [0.25, 0.3) is 0 Å². The summed E-state index contributed by atoms with van der Waals surface area (Å²) in [5.74, 6) is 0.963. The third-order valence-electron chi connectivity index (χ3n) is 6.52. The molecule has 3 saturated heterocycles. The summed E-state index contributed by atoms with van der Waals surface area (Å²) in [6.07, 6.45) is 5.00. The standard InChI is InChI=1S/C21H29N3O2/c25-19(24-14-10-21(16-24)9-4-11-22-20(21)26)15-23-12-7-18(8-13-23)17-5-2-1-3-6-17/h1-3,5-6,18H,4,7-16H2,(H,22,26)/t21-/m1/s1. The zero-order chi connectivity index (χ0) is 18.0. The van der Waals surface area contributed by atoms with E-state index in [9.17, 15) is 9.59 Å². The highest BCUT2D eigenvalue weighted by atomic mass is 16.2. The molecule has 3 aliphatic rings. The van der Waals surface area contributed by atoms with E-state index in [0.717, 1.165) is 58.3 Å². The van der Waals surface area contributed by atoms with Crippen LogP contribution in [0.15, 0.2) is 30.3 Å². The summed E-state index contributed by atoms with van der Waals surface area (Å²) in [7, 11) is 0. The molecule has 5 nitrogen and oxygen atoms in total. The molecule has 2 amide bonds. The fourth-order valence-electron chi connectivity index (χ4n) is 4.85. The number of benzene rings is 1. The van der Waals surface area contributed by atoms with E-state index >= 15 is 0 Å². The minimum absolute atomic E-state index is 0.155. The number of hydrogen-bond donors (Lipinski definition) is 1. The summed E-state index contributed by atoms with van der Waals surface area (Å²) in [5.41, 5.74) is 1.11. The van der Waals surface area contributed by atoms with Crippen molar-refractivity contribution in [3.8, 4) is 0 Å². The van der Waals surface area contributed by atoms with Crippen LogP contribution >= 0.6 is 0 Å². The Morgan fingerprint density at radius 1 is 1.12 bits per heavy atom. The molecular weight excluding hydrogens is 326 g/mol. The van der Waals surface area contributed by atoms with E-state index in [-0.39, 0.29) is 17.2 Å². The van der Waals surface area contributed by atoms with Gasteiger partial charge in [-0.1, -0.05) is 30.3 Å². The number of rotatable bonds is 3. The molecule has 1 atom stereocenters. The molecule has 0 bridgehead atoms. The molecule has 3 aliphatic heterocycles. The monoisotopic (exact) mass is 355 g/mol. The normalized spacial score (nSPS) is 27.7. The number of nitrogens with one attached hydrogen (secondary N) is 1. The van der Waals surface area contributed by atoms with Gasteiger partial charge in [-0.05, 0) is 56.7 Å². The molecule has 1 aromatic carbocycles. The molecule has 0 saturated carbocycles. The van der Waals surface area contributed by atoms with Gasteiger partial charge in [-0.2, -0.15) is 0 Å². The summed E-state index contributed by atoms with van der Waals surface area (Å²) in [5, 5.41) is 2.99. The molecular formula is C21H29N3O2. The van der Waals surface area contributed by atoms with Crippen molar-refractivity contribution in [2.45, 2.75) is 38.0 Å². The molecule has 5 heteroatoms. The van der Waals surface area contributed by atoms with Crippen molar-refractivity contribution in [3.63, 3.8) is 0 Å².